The maximum atomic E-state index is 12.3. The van der Waals surface area contributed by atoms with E-state index >= 15 is 0 Å². The average Bonchev–Trinajstić information content (AvgIpc) is 3.18. The van der Waals surface area contributed by atoms with Crippen LogP contribution in [0.1, 0.15) is 31.2 Å². The van der Waals surface area contributed by atoms with E-state index in [2.05, 4.69) is 11.4 Å². The van der Waals surface area contributed by atoms with Crippen molar-refractivity contribution >= 4 is 11.8 Å². The third-order valence-corrected chi connectivity index (χ3v) is 5.30. The summed E-state index contributed by atoms with van der Waals surface area (Å²) in [4.78, 5) is 24.2. The van der Waals surface area contributed by atoms with Crippen LogP contribution in [-0.4, -0.2) is 18.6 Å². The van der Waals surface area contributed by atoms with Gasteiger partial charge in [-0.25, -0.2) is 0 Å². The summed E-state index contributed by atoms with van der Waals surface area (Å²) >= 11 is 0. The van der Waals surface area contributed by atoms with Crippen LogP contribution in [0, 0.1) is 11.3 Å². The first kappa shape index (κ1) is 15.9. The molecular weight excluding hydrogens is 318 g/mol. The number of amides is 2. The molecular formula is C20H21NO4. The van der Waals surface area contributed by atoms with Crippen molar-refractivity contribution in [1.29, 1.82) is 0 Å². The van der Waals surface area contributed by atoms with Crippen LogP contribution in [0.15, 0.2) is 42.5 Å². The number of hydrogen-bond donors (Lipinski definition) is 1. The summed E-state index contributed by atoms with van der Waals surface area (Å²) < 4.78 is 10.7. The number of fused-ring (bicyclic) bond motifs is 2. The maximum Gasteiger partial charge on any atom is 0.237 e. The molecule has 130 valence electrons. The van der Waals surface area contributed by atoms with E-state index in [0.717, 1.165) is 37.2 Å². The van der Waals surface area contributed by atoms with Gasteiger partial charge >= 0.3 is 0 Å². The molecule has 0 radical (unpaired) electrons. The van der Waals surface area contributed by atoms with Crippen molar-refractivity contribution in [3.63, 3.8) is 0 Å². The van der Waals surface area contributed by atoms with Gasteiger partial charge in [-0.1, -0.05) is 43.2 Å². The zero-order chi connectivity index (χ0) is 17.3. The number of benzene rings is 1. The Bertz CT molecular complexity index is 767. The van der Waals surface area contributed by atoms with Gasteiger partial charge in [0.15, 0.2) is 11.5 Å². The average molecular weight is 339 g/mol. The second-order valence-electron chi connectivity index (χ2n) is 6.83. The molecule has 1 saturated heterocycles. The highest BCUT2D eigenvalue weighted by Crippen LogP contribution is 2.42. The highest BCUT2D eigenvalue weighted by Gasteiger charge is 2.52. The summed E-state index contributed by atoms with van der Waals surface area (Å²) in [5.74, 6) is 0.950. The molecule has 0 saturated carbocycles. The summed E-state index contributed by atoms with van der Waals surface area (Å²) in [7, 11) is 0. The fourth-order valence-corrected chi connectivity index (χ4v) is 3.89. The van der Waals surface area contributed by atoms with Crippen molar-refractivity contribution in [3.05, 3.63) is 48.1 Å². The Balaban J connectivity index is 1.29. The highest BCUT2D eigenvalue weighted by atomic mass is 16.7. The lowest BCUT2D eigenvalue weighted by atomic mass is 9.71. The molecule has 0 bridgehead atoms. The number of rotatable bonds is 6. The molecule has 1 aromatic rings. The summed E-state index contributed by atoms with van der Waals surface area (Å²) in [6.45, 7) is 0.296. The Hall–Kier alpha value is -2.56. The van der Waals surface area contributed by atoms with Gasteiger partial charge in [-0.2, -0.15) is 0 Å². The lowest BCUT2D eigenvalue weighted by Gasteiger charge is -2.28. The molecule has 1 N–H and O–H groups in total. The normalized spacial score (nSPS) is 26.0. The molecule has 5 heteroatoms. The van der Waals surface area contributed by atoms with E-state index < -0.39 is 5.41 Å². The molecule has 2 atom stereocenters. The van der Waals surface area contributed by atoms with Crippen molar-refractivity contribution in [2.45, 2.75) is 32.1 Å². The number of nitrogens with one attached hydrogen (secondary N) is 1. The number of carbonyl (C=O) groups is 2. The van der Waals surface area contributed by atoms with Gasteiger partial charge in [0.1, 0.15) is 0 Å². The van der Waals surface area contributed by atoms with Gasteiger partial charge in [0.05, 0.1) is 11.3 Å². The monoisotopic (exact) mass is 339 g/mol. The van der Waals surface area contributed by atoms with E-state index in [1.807, 2.05) is 36.4 Å². The molecule has 2 unspecified atom stereocenters. The molecule has 5 nitrogen and oxygen atoms in total. The van der Waals surface area contributed by atoms with Gasteiger partial charge < -0.3 is 9.47 Å². The van der Waals surface area contributed by atoms with Crippen molar-refractivity contribution in [2.75, 3.05) is 6.79 Å². The third kappa shape index (κ3) is 2.84. The molecule has 4 rings (SSSR count). The third-order valence-electron chi connectivity index (χ3n) is 5.30. The zero-order valence-electron chi connectivity index (χ0n) is 14.0. The van der Waals surface area contributed by atoms with Gasteiger partial charge in [-0.3, -0.25) is 14.9 Å². The Morgan fingerprint density at radius 1 is 1.08 bits per heavy atom. The lowest BCUT2D eigenvalue weighted by molar-refractivity contribution is -0.127. The minimum Gasteiger partial charge on any atom is -0.454 e. The Morgan fingerprint density at radius 2 is 1.96 bits per heavy atom. The number of carbonyl (C=O) groups excluding carboxylic acids is 2. The summed E-state index contributed by atoms with van der Waals surface area (Å²) in [6.07, 6.45) is 12.1. The molecule has 1 aliphatic carbocycles. The fourth-order valence-electron chi connectivity index (χ4n) is 3.89. The van der Waals surface area contributed by atoms with E-state index in [4.69, 9.17) is 9.47 Å². The van der Waals surface area contributed by atoms with E-state index in [1.54, 1.807) is 0 Å². The van der Waals surface area contributed by atoms with E-state index in [-0.39, 0.29) is 17.7 Å². The smallest absolute Gasteiger partial charge is 0.237 e. The van der Waals surface area contributed by atoms with Crippen LogP contribution in [0.25, 0.3) is 0 Å². The molecule has 1 fully saturated rings. The molecule has 3 aliphatic rings. The Kier molecular flexibility index (Phi) is 4.07. The van der Waals surface area contributed by atoms with Crippen molar-refractivity contribution in [3.8, 4) is 11.5 Å². The molecule has 2 aliphatic heterocycles. The standard InChI is InChI=1S/C20H21NO4/c22-18-15-7-3-5-11-20(15,19(23)21-18)10-4-1-2-6-14-8-9-16-17(12-14)25-13-24-16/h3,5,7-9,11-12,15H,1-2,4,6,10,13H2,(H,21,22,23). The van der Waals surface area contributed by atoms with Crippen LogP contribution in [-0.2, 0) is 16.0 Å². The van der Waals surface area contributed by atoms with Crippen LogP contribution < -0.4 is 14.8 Å². The predicted molar refractivity (Wildman–Crippen MR) is 92.1 cm³/mol. The summed E-state index contributed by atoms with van der Waals surface area (Å²) in [6, 6.07) is 6.06. The van der Waals surface area contributed by atoms with E-state index in [1.165, 1.54) is 5.56 Å². The fraction of sp³-hybridized carbons (Fsp3) is 0.400. The first-order valence-corrected chi connectivity index (χ1v) is 8.79. The quantitative estimate of drug-likeness (QED) is 0.639. The zero-order valence-corrected chi connectivity index (χ0v) is 14.0. The van der Waals surface area contributed by atoms with Crippen molar-refractivity contribution in [1.82, 2.24) is 5.32 Å². The van der Waals surface area contributed by atoms with Gasteiger partial charge in [-0.15, -0.1) is 0 Å². The summed E-state index contributed by atoms with van der Waals surface area (Å²) in [5.41, 5.74) is 0.555. The van der Waals surface area contributed by atoms with Crippen molar-refractivity contribution in [2.24, 2.45) is 11.3 Å². The number of ether oxygens (including phenoxy) is 2. The molecule has 2 heterocycles. The SMILES string of the molecule is O=C1NC(=O)C2(CCCCCc3ccc4c(c3)OCO4)C=CC=CC12. The Labute approximate surface area is 146 Å². The van der Waals surface area contributed by atoms with Crippen LogP contribution in [0.4, 0.5) is 0 Å². The van der Waals surface area contributed by atoms with Gasteiger partial charge in [0.25, 0.3) is 0 Å². The van der Waals surface area contributed by atoms with Gasteiger partial charge in [-0.05, 0) is 37.0 Å². The Morgan fingerprint density at radius 3 is 2.88 bits per heavy atom. The number of hydrogen-bond acceptors (Lipinski definition) is 4. The van der Waals surface area contributed by atoms with Crippen LogP contribution in [0.3, 0.4) is 0 Å². The van der Waals surface area contributed by atoms with Crippen LogP contribution in [0.2, 0.25) is 0 Å². The number of unbranched alkanes of at least 4 members (excludes halogenated alkanes) is 2. The first-order chi connectivity index (χ1) is 12.2. The number of aryl methyl sites for hydroxylation is 1. The van der Waals surface area contributed by atoms with Crippen LogP contribution >= 0.6 is 0 Å². The molecule has 0 spiro atoms. The maximum absolute atomic E-state index is 12.3. The van der Waals surface area contributed by atoms with Gasteiger partial charge in [0.2, 0.25) is 18.6 Å². The van der Waals surface area contributed by atoms with Crippen LogP contribution in [0.5, 0.6) is 11.5 Å². The molecule has 2 amide bonds. The largest absolute Gasteiger partial charge is 0.454 e. The van der Waals surface area contributed by atoms with E-state index in [9.17, 15) is 9.59 Å². The minimum absolute atomic E-state index is 0.154. The molecule has 1 aromatic carbocycles. The second-order valence-corrected chi connectivity index (χ2v) is 6.83. The second kappa shape index (κ2) is 6.39. The van der Waals surface area contributed by atoms with Crippen molar-refractivity contribution < 1.29 is 19.1 Å². The lowest BCUT2D eigenvalue weighted by Crippen LogP contribution is -2.33. The van der Waals surface area contributed by atoms with E-state index in [0.29, 0.717) is 13.2 Å². The number of imide groups is 1. The summed E-state index contributed by atoms with van der Waals surface area (Å²) in [5, 5.41) is 2.48. The molecule has 0 aromatic heterocycles. The predicted octanol–water partition coefficient (Wildman–Crippen LogP) is 2.90. The number of allylic oxidation sites excluding steroid dienone is 2. The first-order valence-electron chi connectivity index (χ1n) is 8.79. The highest BCUT2D eigenvalue weighted by molar-refractivity contribution is 6.09. The topological polar surface area (TPSA) is 64.6 Å². The molecule has 25 heavy (non-hydrogen) atoms. The minimum atomic E-state index is -0.676. The van der Waals surface area contributed by atoms with Gasteiger partial charge in [0, 0.05) is 0 Å².